The largest absolute Gasteiger partial charge is 0.351 e. The number of benzene rings is 1. The average Bonchev–Trinajstić information content (AvgIpc) is 3.38. The van der Waals surface area contributed by atoms with Crippen molar-refractivity contribution in [2.24, 2.45) is 0 Å². The first-order valence-corrected chi connectivity index (χ1v) is 9.01. The number of rotatable bonds is 6. The van der Waals surface area contributed by atoms with Gasteiger partial charge in [0, 0.05) is 38.8 Å². The van der Waals surface area contributed by atoms with Crippen LogP contribution in [0.3, 0.4) is 0 Å². The van der Waals surface area contributed by atoms with Crippen molar-refractivity contribution in [3.63, 3.8) is 0 Å². The molecule has 1 aromatic rings. The standard InChI is InChI=1S/C19H28FN3O/c1-3-17(14-23-11-9-22(2)10-12-23)21-18(24)19(7-8-19)15-5-4-6-16(20)13-15/h4-6,13,17H,3,7-12,14H2,1-2H3,(H,21,24)/t17-/m1/s1. The van der Waals surface area contributed by atoms with Crippen molar-refractivity contribution in [1.82, 2.24) is 15.1 Å². The van der Waals surface area contributed by atoms with Crippen LogP contribution >= 0.6 is 0 Å². The quantitative estimate of drug-likeness (QED) is 0.865. The van der Waals surface area contributed by atoms with Crippen LogP contribution in [0.2, 0.25) is 0 Å². The minimum absolute atomic E-state index is 0.0640. The minimum Gasteiger partial charge on any atom is -0.351 e. The van der Waals surface area contributed by atoms with Gasteiger partial charge in [-0.15, -0.1) is 0 Å². The molecule has 2 aliphatic rings. The van der Waals surface area contributed by atoms with Crippen molar-refractivity contribution in [3.05, 3.63) is 35.6 Å². The summed E-state index contributed by atoms with van der Waals surface area (Å²) in [6.45, 7) is 7.28. The molecule has 2 fully saturated rings. The normalized spacial score (nSPS) is 22.1. The molecule has 24 heavy (non-hydrogen) atoms. The number of hydrogen-bond donors (Lipinski definition) is 1. The Balaban J connectivity index is 1.60. The second kappa shape index (κ2) is 7.19. The van der Waals surface area contributed by atoms with Gasteiger partial charge >= 0.3 is 0 Å². The summed E-state index contributed by atoms with van der Waals surface area (Å²) in [5.41, 5.74) is 0.312. The predicted molar refractivity (Wildman–Crippen MR) is 93.5 cm³/mol. The summed E-state index contributed by atoms with van der Waals surface area (Å²) >= 11 is 0. The summed E-state index contributed by atoms with van der Waals surface area (Å²) in [5.74, 6) is -0.204. The van der Waals surface area contributed by atoms with Gasteiger partial charge in [0.15, 0.2) is 0 Å². The number of piperazine rings is 1. The van der Waals surface area contributed by atoms with Crippen LogP contribution in [0.5, 0.6) is 0 Å². The van der Waals surface area contributed by atoms with Crippen molar-refractivity contribution < 1.29 is 9.18 Å². The number of amides is 1. The van der Waals surface area contributed by atoms with E-state index in [2.05, 4.69) is 29.1 Å². The van der Waals surface area contributed by atoms with Gasteiger partial charge < -0.3 is 10.2 Å². The van der Waals surface area contributed by atoms with Gasteiger partial charge in [-0.1, -0.05) is 19.1 Å². The lowest BCUT2D eigenvalue weighted by Gasteiger charge is -2.35. The molecule has 1 saturated carbocycles. The first kappa shape index (κ1) is 17.4. The Labute approximate surface area is 144 Å². The van der Waals surface area contributed by atoms with E-state index in [0.717, 1.165) is 57.5 Å². The van der Waals surface area contributed by atoms with Gasteiger partial charge in [0.05, 0.1) is 5.41 Å². The van der Waals surface area contributed by atoms with E-state index in [-0.39, 0.29) is 17.8 Å². The molecule has 0 unspecified atom stereocenters. The zero-order valence-corrected chi connectivity index (χ0v) is 14.7. The maximum Gasteiger partial charge on any atom is 0.230 e. The summed E-state index contributed by atoms with van der Waals surface area (Å²) in [6, 6.07) is 6.66. The van der Waals surface area contributed by atoms with Crippen molar-refractivity contribution in [3.8, 4) is 0 Å². The van der Waals surface area contributed by atoms with Crippen LogP contribution in [0.25, 0.3) is 0 Å². The molecule has 4 nitrogen and oxygen atoms in total. The molecule has 1 atom stereocenters. The zero-order valence-electron chi connectivity index (χ0n) is 14.7. The van der Waals surface area contributed by atoms with Gasteiger partial charge in [0.2, 0.25) is 5.91 Å². The van der Waals surface area contributed by atoms with E-state index in [0.29, 0.717) is 0 Å². The van der Waals surface area contributed by atoms with Gasteiger partial charge in [0.25, 0.3) is 0 Å². The van der Waals surface area contributed by atoms with E-state index in [1.54, 1.807) is 6.07 Å². The Morgan fingerprint density at radius 1 is 1.29 bits per heavy atom. The van der Waals surface area contributed by atoms with E-state index in [1.807, 2.05) is 6.07 Å². The Morgan fingerprint density at radius 2 is 2.00 bits per heavy atom. The van der Waals surface area contributed by atoms with Gasteiger partial charge in [0.1, 0.15) is 5.82 Å². The van der Waals surface area contributed by atoms with E-state index in [1.165, 1.54) is 12.1 Å². The molecule has 0 bridgehead atoms. The molecule has 1 aliphatic carbocycles. The number of nitrogens with zero attached hydrogens (tertiary/aromatic N) is 2. The van der Waals surface area contributed by atoms with Crippen molar-refractivity contribution >= 4 is 5.91 Å². The summed E-state index contributed by atoms with van der Waals surface area (Å²) < 4.78 is 13.5. The Bertz CT molecular complexity index is 580. The van der Waals surface area contributed by atoms with E-state index < -0.39 is 5.41 Å². The van der Waals surface area contributed by atoms with E-state index in [9.17, 15) is 9.18 Å². The van der Waals surface area contributed by atoms with Crippen LogP contribution < -0.4 is 5.32 Å². The van der Waals surface area contributed by atoms with Crippen LogP contribution in [0.4, 0.5) is 4.39 Å². The second-order valence-electron chi connectivity index (χ2n) is 7.27. The molecule has 1 amide bonds. The highest BCUT2D eigenvalue weighted by atomic mass is 19.1. The average molecular weight is 333 g/mol. The fraction of sp³-hybridized carbons (Fsp3) is 0.632. The molecule has 0 aromatic heterocycles. The topological polar surface area (TPSA) is 35.6 Å². The van der Waals surface area contributed by atoms with Gasteiger partial charge in [-0.05, 0) is 44.0 Å². The van der Waals surface area contributed by atoms with Crippen molar-refractivity contribution in [2.45, 2.75) is 37.6 Å². The number of hydrogen-bond acceptors (Lipinski definition) is 3. The van der Waals surface area contributed by atoms with E-state index in [4.69, 9.17) is 0 Å². The number of carbonyl (C=O) groups is 1. The molecule has 0 radical (unpaired) electrons. The molecule has 1 aromatic carbocycles. The van der Waals surface area contributed by atoms with E-state index >= 15 is 0 Å². The number of likely N-dealkylation sites (N-methyl/N-ethyl adjacent to an activating group) is 1. The molecule has 1 N–H and O–H groups in total. The van der Waals surface area contributed by atoms with Crippen molar-refractivity contribution in [1.29, 1.82) is 0 Å². The Hall–Kier alpha value is -1.46. The predicted octanol–water partition coefficient (Wildman–Crippen LogP) is 2.00. The third-order valence-corrected chi connectivity index (χ3v) is 5.46. The molecule has 0 spiro atoms. The highest BCUT2D eigenvalue weighted by Crippen LogP contribution is 2.48. The monoisotopic (exact) mass is 333 g/mol. The molecule has 5 heteroatoms. The molecule has 3 rings (SSSR count). The fourth-order valence-electron chi connectivity index (χ4n) is 3.50. The zero-order chi connectivity index (χ0) is 17.2. The number of nitrogens with one attached hydrogen (secondary N) is 1. The molecule has 1 aliphatic heterocycles. The summed E-state index contributed by atoms with van der Waals surface area (Å²) in [5, 5.41) is 3.23. The number of carbonyl (C=O) groups excluding carboxylic acids is 1. The maximum absolute atomic E-state index is 13.5. The van der Waals surface area contributed by atoms with Crippen molar-refractivity contribution in [2.75, 3.05) is 39.8 Å². The maximum atomic E-state index is 13.5. The lowest BCUT2D eigenvalue weighted by Crippen LogP contribution is -2.51. The molecule has 1 saturated heterocycles. The minimum atomic E-state index is -0.502. The van der Waals surface area contributed by atoms with Gasteiger partial charge in [-0.2, -0.15) is 0 Å². The van der Waals surface area contributed by atoms with Crippen LogP contribution in [-0.2, 0) is 10.2 Å². The van der Waals surface area contributed by atoms with Crippen LogP contribution in [0.15, 0.2) is 24.3 Å². The smallest absolute Gasteiger partial charge is 0.230 e. The van der Waals surface area contributed by atoms with Gasteiger partial charge in [-0.3, -0.25) is 9.69 Å². The van der Waals surface area contributed by atoms with Crippen LogP contribution in [0.1, 0.15) is 31.7 Å². The number of halogens is 1. The third-order valence-electron chi connectivity index (χ3n) is 5.46. The Kier molecular flexibility index (Phi) is 5.21. The van der Waals surface area contributed by atoms with Gasteiger partial charge in [-0.25, -0.2) is 4.39 Å². The first-order valence-electron chi connectivity index (χ1n) is 9.01. The van der Waals surface area contributed by atoms with Crippen LogP contribution in [-0.4, -0.2) is 61.5 Å². The molecule has 1 heterocycles. The molecular formula is C19H28FN3O. The first-order chi connectivity index (χ1) is 11.5. The molecular weight excluding hydrogens is 305 g/mol. The van der Waals surface area contributed by atoms with Crippen LogP contribution in [0, 0.1) is 5.82 Å². The Morgan fingerprint density at radius 3 is 2.58 bits per heavy atom. The highest BCUT2D eigenvalue weighted by Gasteiger charge is 2.51. The highest BCUT2D eigenvalue weighted by molar-refractivity contribution is 5.91. The lowest BCUT2D eigenvalue weighted by atomic mass is 9.94. The lowest BCUT2D eigenvalue weighted by molar-refractivity contribution is -0.124. The second-order valence-corrected chi connectivity index (χ2v) is 7.27. The summed E-state index contributed by atoms with van der Waals surface area (Å²) in [4.78, 5) is 17.6. The fourth-order valence-corrected chi connectivity index (χ4v) is 3.50. The molecule has 132 valence electrons. The summed E-state index contributed by atoms with van der Waals surface area (Å²) in [7, 11) is 2.15. The third kappa shape index (κ3) is 3.78. The SMILES string of the molecule is CC[C@H](CN1CCN(C)CC1)NC(=O)C1(c2cccc(F)c2)CC1. The summed E-state index contributed by atoms with van der Waals surface area (Å²) in [6.07, 6.45) is 2.54.